The Labute approximate surface area is 151 Å². The molecular weight excluding hydrogens is 332 g/mol. The van der Waals surface area contributed by atoms with Crippen LogP contribution in [0, 0.1) is 0 Å². The highest BCUT2D eigenvalue weighted by molar-refractivity contribution is 7.09. The highest BCUT2D eigenvalue weighted by Gasteiger charge is 2.14. The molecule has 1 unspecified atom stereocenters. The Morgan fingerprint density at radius 2 is 1.92 bits per heavy atom. The molecule has 0 bridgehead atoms. The maximum atomic E-state index is 12.2. The molecule has 1 N–H and O–H groups in total. The van der Waals surface area contributed by atoms with Crippen LogP contribution in [0.4, 0.5) is 11.5 Å². The van der Waals surface area contributed by atoms with Crippen LogP contribution in [0.15, 0.2) is 60.0 Å². The van der Waals surface area contributed by atoms with Crippen LogP contribution in [0.3, 0.4) is 0 Å². The number of anilines is 2. The molecule has 1 atom stereocenters. The highest BCUT2D eigenvalue weighted by Crippen LogP contribution is 2.17. The zero-order valence-electron chi connectivity index (χ0n) is 14.2. The molecule has 3 aromatic rings. The topological polar surface area (TPSA) is 58.1 Å². The molecule has 128 valence electrons. The summed E-state index contributed by atoms with van der Waals surface area (Å²) in [6.07, 6.45) is 0.950. The van der Waals surface area contributed by atoms with E-state index in [4.69, 9.17) is 0 Å². The van der Waals surface area contributed by atoms with E-state index >= 15 is 0 Å². The first-order valence-electron chi connectivity index (χ1n) is 8.09. The van der Waals surface area contributed by atoms with Gasteiger partial charge in [0, 0.05) is 30.1 Å². The van der Waals surface area contributed by atoms with Crippen LogP contribution in [0.25, 0.3) is 0 Å². The lowest BCUT2D eigenvalue weighted by Gasteiger charge is -2.25. The Balaban J connectivity index is 1.64. The number of hydrogen-bond acceptors (Lipinski definition) is 5. The summed E-state index contributed by atoms with van der Waals surface area (Å²) in [5, 5.41) is 13.2. The lowest BCUT2D eigenvalue weighted by Crippen LogP contribution is -2.31. The van der Waals surface area contributed by atoms with Crippen LogP contribution in [0.5, 0.6) is 0 Å². The molecule has 5 nitrogen and oxygen atoms in total. The molecule has 2 heterocycles. The maximum Gasteiger partial charge on any atom is 0.276 e. The van der Waals surface area contributed by atoms with Crippen molar-refractivity contribution in [2.24, 2.45) is 0 Å². The fourth-order valence-corrected chi connectivity index (χ4v) is 3.26. The van der Waals surface area contributed by atoms with Crippen molar-refractivity contribution in [1.82, 2.24) is 10.2 Å². The van der Waals surface area contributed by atoms with Crippen molar-refractivity contribution in [3.63, 3.8) is 0 Å². The molecule has 0 radical (unpaired) electrons. The number of nitrogens with one attached hydrogen (secondary N) is 1. The lowest BCUT2D eigenvalue weighted by molar-refractivity contribution is 0.102. The molecule has 0 aliphatic heterocycles. The number of aromatic nitrogens is 2. The van der Waals surface area contributed by atoms with Gasteiger partial charge in [-0.25, -0.2) is 0 Å². The number of rotatable bonds is 6. The second-order valence-electron chi connectivity index (χ2n) is 5.84. The molecular formula is C19H20N4OS. The Kier molecular flexibility index (Phi) is 5.40. The number of para-hydroxylation sites is 1. The number of amides is 1. The van der Waals surface area contributed by atoms with Crippen LogP contribution >= 0.6 is 11.3 Å². The van der Waals surface area contributed by atoms with Crippen molar-refractivity contribution in [1.29, 1.82) is 0 Å². The summed E-state index contributed by atoms with van der Waals surface area (Å²) in [7, 11) is 1.99. The van der Waals surface area contributed by atoms with Gasteiger partial charge in [0.1, 0.15) is 0 Å². The predicted octanol–water partition coefficient (Wildman–Crippen LogP) is 3.86. The first kappa shape index (κ1) is 17.1. The first-order chi connectivity index (χ1) is 12.1. The van der Waals surface area contributed by atoms with Crippen LogP contribution in [0.1, 0.15) is 22.3 Å². The van der Waals surface area contributed by atoms with E-state index in [9.17, 15) is 4.79 Å². The molecule has 6 heteroatoms. The summed E-state index contributed by atoms with van der Waals surface area (Å²) < 4.78 is 0. The number of carbonyl (C=O) groups is 1. The minimum atomic E-state index is -0.264. The third-order valence-electron chi connectivity index (χ3n) is 4.01. The zero-order chi connectivity index (χ0) is 17.6. The van der Waals surface area contributed by atoms with Gasteiger partial charge < -0.3 is 10.2 Å². The van der Waals surface area contributed by atoms with Gasteiger partial charge in [0.05, 0.1) is 0 Å². The van der Waals surface area contributed by atoms with E-state index in [0.29, 0.717) is 5.69 Å². The van der Waals surface area contributed by atoms with E-state index in [-0.39, 0.29) is 11.9 Å². The van der Waals surface area contributed by atoms with Crippen molar-refractivity contribution in [2.45, 2.75) is 19.4 Å². The summed E-state index contributed by atoms with van der Waals surface area (Å²) in [5.74, 6) is 0.486. The van der Waals surface area contributed by atoms with E-state index in [2.05, 4.69) is 44.9 Å². The molecule has 3 rings (SSSR count). The monoisotopic (exact) mass is 352 g/mol. The van der Waals surface area contributed by atoms with Crippen molar-refractivity contribution in [3.8, 4) is 0 Å². The number of carbonyl (C=O) groups excluding carboxylic acids is 1. The van der Waals surface area contributed by atoms with Gasteiger partial charge in [-0.15, -0.1) is 21.5 Å². The van der Waals surface area contributed by atoms with Crippen LogP contribution < -0.4 is 10.2 Å². The van der Waals surface area contributed by atoms with Gasteiger partial charge in [-0.2, -0.15) is 0 Å². The second kappa shape index (κ2) is 7.90. The Bertz CT molecular complexity index is 803. The van der Waals surface area contributed by atoms with E-state index < -0.39 is 0 Å². The van der Waals surface area contributed by atoms with Gasteiger partial charge in [0.15, 0.2) is 11.5 Å². The molecule has 0 fully saturated rings. The summed E-state index contributed by atoms with van der Waals surface area (Å²) >= 11 is 1.76. The quantitative estimate of drug-likeness (QED) is 0.732. The van der Waals surface area contributed by atoms with Crippen LogP contribution in [-0.4, -0.2) is 29.2 Å². The standard InChI is InChI=1S/C19H20N4OS/c1-14(13-16-9-6-12-25-16)23(2)18-11-10-17(21-22-18)19(24)20-15-7-4-3-5-8-15/h3-12,14H,13H2,1-2H3,(H,20,24). The molecule has 0 spiro atoms. The summed E-state index contributed by atoms with van der Waals surface area (Å²) in [5.41, 5.74) is 1.03. The normalized spacial score (nSPS) is 11.8. The first-order valence-corrected chi connectivity index (χ1v) is 8.97. The maximum absolute atomic E-state index is 12.2. The number of hydrogen-bond donors (Lipinski definition) is 1. The number of likely N-dealkylation sites (N-methyl/N-ethyl adjacent to an activating group) is 1. The summed E-state index contributed by atoms with van der Waals surface area (Å²) in [6, 6.07) is 17.3. The molecule has 0 saturated carbocycles. The molecule has 2 aromatic heterocycles. The predicted molar refractivity (Wildman–Crippen MR) is 102 cm³/mol. The van der Waals surface area contributed by atoms with Crippen LogP contribution in [-0.2, 0) is 6.42 Å². The van der Waals surface area contributed by atoms with E-state index in [1.54, 1.807) is 17.4 Å². The second-order valence-corrected chi connectivity index (χ2v) is 6.87. The number of nitrogens with zero attached hydrogens (tertiary/aromatic N) is 3. The summed E-state index contributed by atoms with van der Waals surface area (Å²) in [4.78, 5) is 15.6. The van der Waals surface area contributed by atoms with Crippen LogP contribution in [0.2, 0.25) is 0 Å². The van der Waals surface area contributed by atoms with Gasteiger partial charge in [-0.3, -0.25) is 4.79 Å². The average Bonchev–Trinajstić information content (AvgIpc) is 3.15. The molecule has 0 saturated heterocycles. The molecule has 1 aromatic carbocycles. The van der Waals surface area contributed by atoms with Crippen molar-refractivity contribution >= 4 is 28.7 Å². The third kappa shape index (κ3) is 4.42. The van der Waals surface area contributed by atoms with Gasteiger partial charge in [-0.05, 0) is 42.6 Å². The zero-order valence-corrected chi connectivity index (χ0v) is 15.0. The Morgan fingerprint density at radius 1 is 1.12 bits per heavy atom. The highest BCUT2D eigenvalue weighted by atomic mass is 32.1. The van der Waals surface area contributed by atoms with Gasteiger partial charge >= 0.3 is 0 Å². The lowest BCUT2D eigenvalue weighted by atomic mass is 10.2. The molecule has 1 amide bonds. The van der Waals surface area contributed by atoms with E-state index in [0.717, 1.165) is 17.9 Å². The minimum Gasteiger partial charge on any atom is -0.355 e. The van der Waals surface area contributed by atoms with E-state index in [1.165, 1.54) is 4.88 Å². The van der Waals surface area contributed by atoms with Gasteiger partial charge in [-0.1, -0.05) is 24.3 Å². The number of thiophene rings is 1. The fraction of sp³-hybridized carbons (Fsp3) is 0.211. The molecule has 0 aliphatic rings. The van der Waals surface area contributed by atoms with E-state index in [1.807, 2.05) is 43.4 Å². The van der Waals surface area contributed by atoms with Crippen molar-refractivity contribution in [3.05, 3.63) is 70.5 Å². The molecule has 25 heavy (non-hydrogen) atoms. The Hall–Kier alpha value is -2.73. The number of benzene rings is 1. The third-order valence-corrected chi connectivity index (χ3v) is 4.91. The van der Waals surface area contributed by atoms with Gasteiger partial charge in [0.25, 0.3) is 5.91 Å². The average molecular weight is 352 g/mol. The SMILES string of the molecule is CC(Cc1cccs1)N(C)c1ccc(C(=O)Nc2ccccc2)nn1. The fourth-order valence-electron chi connectivity index (χ4n) is 2.43. The minimum absolute atomic E-state index is 0.264. The van der Waals surface area contributed by atoms with Gasteiger partial charge in [0.2, 0.25) is 0 Å². The smallest absolute Gasteiger partial charge is 0.276 e. The molecule has 0 aliphatic carbocycles. The van der Waals surface area contributed by atoms with Crippen molar-refractivity contribution < 1.29 is 4.79 Å². The Morgan fingerprint density at radius 3 is 2.56 bits per heavy atom. The van der Waals surface area contributed by atoms with Crippen molar-refractivity contribution in [2.75, 3.05) is 17.3 Å². The summed E-state index contributed by atoms with van der Waals surface area (Å²) in [6.45, 7) is 2.15. The largest absolute Gasteiger partial charge is 0.355 e.